The fourth-order valence-electron chi connectivity index (χ4n) is 2.21. The van der Waals surface area contributed by atoms with Crippen LogP contribution < -0.4 is 5.32 Å². The van der Waals surface area contributed by atoms with Crippen LogP contribution in [0.4, 0.5) is 0 Å². The van der Waals surface area contributed by atoms with E-state index in [1.54, 1.807) is 0 Å². The van der Waals surface area contributed by atoms with Crippen molar-refractivity contribution in [3.05, 3.63) is 29.6 Å². The molecule has 2 aromatic rings. The Hall–Kier alpha value is -1.39. The number of hydrogen-bond donors (Lipinski definition) is 2. The predicted molar refractivity (Wildman–Crippen MR) is 73.8 cm³/mol. The van der Waals surface area contributed by atoms with Crippen molar-refractivity contribution in [3.63, 3.8) is 0 Å². The minimum absolute atomic E-state index is 0.146. The van der Waals surface area contributed by atoms with Crippen molar-refractivity contribution in [2.45, 2.75) is 26.8 Å². The summed E-state index contributed by atoms with van der Waals surface area (Å²) in [6.45, 7) is 6.82. The molecule has 2 N–H and O–H groups in total. The molecule has 98 valence electrons. The second kappa shape index (κ2) is 5.98. The Morgan fingerprint density at radius 1 is 1.39 bits per heavy atom. The first-order chi connectivity index (χ1) is 8.76. The van der Waals surface area contributed by atoms with Crippen LogP contribution in [-0.2, 0) is 13.0 Å². The van der Waals surface area contributed by atoms with E-state index in [0.717, 1.165) is 36.4 Å². The molecule has 1 aromatic carbocycles. The summed E-state index contributed by atoms with van der Waals surface area (Å²) in [5.41, 5.74) is 3.35. The summed E-state index contributed by atoms with van der Waals surface area (Å²) in [5, 5.41) is 12.5. The first kappa shape index (κ1) is 13.1. The fourth-order valence-corrected chi connectivity index (χ4v) is 2.21. The lowest BCUT2D eigenvalue weighted by atomic mass is 10.2. The Labute approximate surface area is 108 Å². The molecule has 0 bridgehead atoms. The van der Waals surface area contributed by atoms with Gasteiger partial charge in [-0.1, -0.05) is 13.0 Å². The monoisotopic (exact) mass is 247 g/mol. The molecular formula is C14H21N3O. The Bertz CT molecular complexity index is 519. The summed E-state index contributed by atoms with van der Waals surface area (Å²) >= 11 is 0. The van der Waals surface area contributed by atoms with E-state index in [1.807, 2.05) is 0 Å². The molecule has 1 heterocycles. The molecule has 0 saturated carbocycles. The van der Waals surface area contributed by atoms with Gasteiger partial charge in [-0.05, 0) is 31.2 Å². The standard InChI is InChI=1S/C14H21N3O/c1-3-15-7-6-14-16-12-10-11(2)4-5-13(12)17(14)8-9-18/h4-5,10,15,18H,3,6-9H2,1-2H3. The normalized spacial score (nSPS) is 11.3. The van der Waals surface area contributed by atoms with E-state index in [4.69, 9.17) is 0 Å². The van der Waals surface area contributed by atoms with Crippen molar-refractivity contribution < 1.29 is 5.11 Å². The van der Waals surface area contributed by atoms with Gasteiger partial charge in [-0.25, -0.2) is 4.98 Å². The van der Waals surface area contributed by atoms with Gasteiger partial charge in [0.05, 0.1) is 17.6 Å². The van der Waals surface area contributed by atoms with Crippen LogP contribution in [0, 0.1) is 6.92 Å². The topological polar surface area (TPSA) is 50.1 Å². The second-order valence-corrected chi connectivity index (χ2v) is 4.50. The van der Waals surface area contributed by atoms with E-state index >= 15 is 0 Å². The number of aliphatic hydroxyl groups excluding tert-OH is 1. The smallest absolute Gasteiger partial charge is 0.111 e. The Kier molecular flexibility index (Phi) is 4.33. The van der Waals surface area contributed by atoms with E-state index in [9.17, 15) is 5.11 Å². The largest absolute Gasteiger partial charge is 0.395 e. The van der Waals surface area contributed by atoms with Gasteiger partial charge in [0.2, 0.25) is 0 Å². The number of aryl methyl sites for hydroxylation is 1. The molecule has 0 aliphatic heterocycles. The number of benzene rings is 1. The number of nitrogens with one attached hydrogen (secondary N) is 1. The third-order valence-corrected chi connectivity index (χ3v) is 3.08. The number of aromatic nitrogens is 2. The molecule has 0 atom stereocenters. The van der Waals surface area contributed by atoms with Crippen molar-refractivity contribution in [1.29, 1.82) is 0 Å². The maximum Gasteiger partial charge on any atom is 0.111 e. The SMILES string of the molecule is CCNCCc1nc2cc(C)ccc2n1CCO. The lowest BCUT2D eigenvalue weighted by Crippen LogP contribution is -2.18. The molecule has 0 aliphatic carbocycles. The van der Waals surface area contributed by atoms with Crippen LogP contribution >= 0.6 is 0 Å². The molecule has 4 heteroatoms. The summed E-state index contributed by atoms with van der Waals surface area (Å²) < 4.78 is 2.12. The number of fused-ring (bicyclic) bond motifs is 1. The molecule has 0 saturated heterocycles. The first-order valence-corrected chi connectivity index (χ1v) is 6.53. The van der Waals surface area contributed by atoms with E-state index < -0.39 is 0 Å². The maximum absolute atomic E-state index is 9.18. The molecule has 0 unspecified atom stereocenters. The Morgan fingerprint density at radius 2 is 2.22 bits per heavy atom. The minimum atomic E-state index is 0.146. The van der Waals surface area contributed by atoms with Gasteiger partial charge in [0.25, 0.3) is 0 Å². The van der Waals surface area contributed by atoms with Crippen molar-refractivity contribution in [3.8, 4) is 0 Å². The van der Waals surface area contributed by atoms with Gasteiger partial charge in [-0.2, -0.15) is 0 Å². The van der Waals surface area contributed by atoms with Gasteiger partial charge in [0.15, 0.2) is 0 Å². The van der Waals surface area contributed by atoms with Crippen molar-refractivity contribution in [1.82, 2.24) is 14.9 Å². The zero-order valence-corrected chi connectivity index (χ0v) is 11.1. The number of rotatable bonds is 6. The maximum atomic E-state index is 9.18. The third-order valence-electron chi connectivity index (χ3n) is 3.08. The highest BCUT2D eigenvalue weighted by Gasteiger charge is 2.09. The summed E-state index contributed by atoms with van der Waals surface area (Å²) in [4.78, 5) is 4.68. The summed E-state index contributed by atoms with van der Waals surface area (Å²) in [7, 11) is 0. The summed E-state index contributed by atoms with van der Waals surface area (Å²) in [5.74, 6) is 1.05. The average molecular weight is 247 g/mol. The van der Waals surface area contributed by atoms with E-state index in [-0.39, 0.29) is 6.61 Å². The molecule has 18 heavy (non-hydrogen) atoms. The van der Waals surface area contributed by atoms with E-state index in [1.165, 1.54) is 5.56 Å². The second-order valence-electron chi connectivity index (χ2n) is 4.50. The lowest BCUT2D eigenvalue weighted by Gasteiger charge is -2.07. The van der Waals surface area contributed by atoms with Crippen LogP contribution in [0.25, 0.3) is 11.0 Å². The molecular weight excluding hydrogens is 226 g/mol. The molecule has 4 nitrogen and oxygen atoms in total. The van der Waals surface area contributed by atoms with Gasteiger partial charge in [0, 0.05) is 19.5 Å². The van der Waals surface area contributed by atoms with E-state index in [0.29, 0.717) is 6.54 Å². The quantitative estimate of drug-likeness (QED) is 0.760. The molecule has 0 spiro atoms. The lowest BCUT2D eigenvalue weighted by molar-refractivity contribution is 0.276. The molecule has 1 aromatic heterocycles. The predicted octanol–water partition coefficient (Wildman–Crippen LogP) is 1.49. The van der Waals surface area contributed by atoms with Crippen molar-refractivity contribution in [2.75, 3.05) is 19.7 Å². The molecule has 0 amide bonds. The van der Waals surface area contributed by atoms with Gasteiger partial charge in [0.1, 0.15) is 5.82 Å². The van der Waals surface area contributed by atoms with Crippen molar-refractivity contribution in [2.24, 2.45) is 0 Å². The molecule has 2 rings (SSSR count). The van der Waals surface area contributed by atoms with Crippen LogP contribution in [0.1, 0.15) is 18.3 Å². The van der Waals surface area contributed by atoms with Crippen LogP contribution in [-0.4, -0.2) is 34.4 Å². The minimum Gasteiger partial charge on any atom is -0.395 e. The number of nitrogens with zero attached hydrogens (tertiary/aromatic N) is 2. The number of imidazole rings is 1. The first-order valence-electron chi connectivity index (χ1n) is 6.53. The Morgan fingerprint density at radius 3 is 2.94 bits per heavy atom. The van der Waals surface area contributed by atoms with Gasteiger partial charge in [-0.15, -0.1) is 0 Å². The van der Waals surface area contributed by atoms with Crippen LogP contribution in [0.5, 0.6) is 0 Å². The van der Waals surface area contributed by atoms with Crippen LogP contribution in [0.15, 0.2) is 18.2 Å². The zero-order valence-electron chi connectivity index (χ0n) is 11.1. The van der Waals surface area contributed by atoms with Crippen molar-refractivity contribution >= 4 is 11.0 Å². The Balaban J connectivity index is 2.34. The molecule has 0 radical (unpaired) electrons. The molecule has 0 fully saturated rings. The summed E-state index contributed by atoms with van der Waals surface area (Å²) in [6.07, 6.45) is 0.890. The third kappa shape index (κ3) is 2.71. The van der Waals surface area contributed by atoms with Crippen LogP contribution in [0.3, 0.4) is 0 Å². The number of hydrogen-bond acceptors (Lipinski definition) is 3. The van der Waals surface area contributed by atoms with Gasteiger partial charge in [-0.3, -0.25) is 0 Å². The molecule has 0 aliphatic rings. The highest BCUT2D eigenvalue weighted by molar-refractivity contribution is 5.76. The highest BCUT2D eigenvalue weighted by Crippen LogP contribution is 2.18. The summed E-state index contributed by atoms with van der Waals surface area (Å²) in [6, 6.07) is 6.27. The van der Waals surface area contributed by atoms with E-state index in [2.05, 4.69) is 46.9 Å². The number of aliphatic hydroxyl groups is 1. The highest BCUT2D eigenvalue weighted by atomic mass is 16.3. The number of likely N-dealkylation sites (N-methyl/N-ethyl adjacent to an activating group) is 1. The van der Waals surface area contributed by atoms with Gasteiger partial charge < -0.3 is 15.0 Å². The fraction of sp³-hybridized carbons (Fsp3) is 0.500. The zero-order chi connectivity index (χ0) is 13.0. The van der Waals surface area contributed by atoms with Crippen LogP contribution in [0.2, 0.25) is 0 Å². The average Bonchev–Trinajstić information content (AvgIpc) is 2.68. The van der Waals surface area contributed by atoms with Gasteiger partial charge >= 0.3 is 0 Å².